The number of para-hydroxylation sites is 1. The number of carbonyl (C=O) groups is 2. The molecule has 7 nitrogen and oxygen atoms in total. The molecule has 2 aromatic rings. The van der Waals surface area contributed by atoms with Crippen molar-refractivity contribution in [3.05, 3.63) is 40.6 Å². The highest BCUT2D eigenvalue weighted by atomic mass is 32.2. The van der Waals surface area contributed by atoms with Crippen LogP contribution in [0.1, 0.15) is 23.5 Å². The highest BCUT2D eigenvalue weighted by molar-refractivity contribution is 7.90. The number of sulfonamides is 1. The van der Waals surface area contributed by atoms with E-state index in [2.05, 4.69) is 9.71 Å². The normalized spacial score (nSPS) is 20.8. The fraction of sp³-hybridized carbons (Fsp3) is 0.278. The largest absolute Gasteiger partial charge is 0.341 e. The Morgan fingerprint density at radius 3 is 2.70 bits per heavy atom. The van der Waals surface area contributed by atoms with E-state index < -0.39 is 27.6 Å². The summed E-state index contributed by atoms with van der Waals surface area (Å²) >= 11 is 1.24. The standard InChI is InChI=1S/C18H17N3O4S2/c1-10(2)9-21-12-7-8-26-16(12)15(22)14(18(21)23)17-19-11-5-3-4-6-13(11)27(24,25)20-17/h3-8,10,14H,9H2,1-2H3,(H,19,20). The maximum Gasteiger partial charge on any atom is 0.286 e. The van der Waals surface area contributed by atoms with E-state index in [0.717, 1.165) is 0 Å². The first kappa shape index (κ1) is 17.9. The summed E-state index contributed by atoms with van der Waals surface area (Å²) in [6.45, 7) is 4.38. The van der Waals surface area contributed by atoms with Gasteiger partial charge in [-0.25, -0.2) is 0 Å². The molecule has 140 valence electrons. The van der Waals surface area contributed by atoms with Crippen LogP contribution in [0.2, 0.25) is 0 Å². The monoisotopic (exact) mass is 403 g/mol. The molecular formula is C18H17N3O4S2. The Balaban J connectivity index is 1.82. The lowest BCUT2D eigenvalue weighted by molar-refractivity contribution is -0.119. The molecule has 2 aliphatic rings. The molecule has 0 fully saturated rings. The smallest absolute Gasteiger partial charge is 0.286 e. The Labute approximate surface area is 160 Å². The van der Waals surface area contributed by atoms with Gasteiger partial charge in [-0.15, -0.1) is 15.7 Å². The number of anilines is 2. The molecule has 4 rings (SSSR count). The van der Waals surface area contributed by atoms with Crippen LogP contribution in [0.5, 0.6) is 0 Å². The van der Waals surface area contributed by atoms with Crippen molar-refractivity contribution in [2.75, 3.05) is 16.8 Å². The SMILES string of the molecule is CC(C)CN1C(=O)C(C2=NS(=O)(=O)c3ccccc3N2)C(=O)c2sccc21. The zero-order valence-corrected chi connectivity index (χ0v) is 16.3. The van der Waals surface area contributed by atoms with Crippen LogP contribution in [0.4, 0.5) is 11.4 Å². The molecule has 1 aromatic heterocycles. The summed E-state index contributed by atoms with van der Waals surface area (Å²) in [5, 5.41) is 4.64. The van der Waals surface area contributed by atoms with Crippen LogP contribution >= 0.6 is 11.3 Å². The third-order valence-corrected chi connectivity index (χ3v) is 6.67. The van der Waals surface area contributed by atoms with Crippen molar-refractivity contribution in [2.24, 2.45) is 16.2 Å². The van der Waals surface area contributed by atoms with Gasteiger partial charge in [-0.1, -0.05) is 26.0 Å². The summed E-state index contributed by atoms with van der Waals surface area (Å²) in [6, 6.07) is 8.04. The van der Waals surface area contributed by atoms with E-state index in [1.165, 1.54) is 17.4 Å². The predicted octanol–water partition coefficient (Wildman–Crippen LogP) is 2.76. The highest BCUT2D eigenvalue weighted by Gasteiger charge is 2.45. The van der Waals surface area contributed by atoms with E-state index in [9.17, 15) is 18.0 Å². The quantitative estimate of drug-likeness (QED) is 0.795. The van der Waals surface area contributed by atoms with Gasteiger partial charge < -0.3 is 10.2 Å². The summed E-state index contributed by atoms with van der Waals surface area (Å²) in [4.78, 5) is 28.2. The zero-order valence-electron chi connectivity index (χ0n) is 14.7. The molecule has 0 aliphatic carbocycles. The minimum absolute atomic E-state index is 0.0281. The molecule has 0 saturated heterocycles. The van der Waals surface area contributed by atoms with Gasteiger partial charge in [-0.3, -0.25) is 9.59 Å². The van der Waals surface area contributed by atoms with Crippen molar-refractivity contribution in [2.45, 2.75) is 18.7 Å². The molecule has 0 spiro atoms. The van der Waals surface area contributed by atoms with Crippen molar-refractivity contribution in [1.29, 1.82) is 0 Å². The number of amidine groups is 1. The molecule has 0 bridgehead atoms. The van der Waals surface area contributed by atoms with Gasteiger partial charge in [0.05, 0.1) is 16.3 Å². The van der Waals surface area contributed by atoms with Crippen LogP contribution in [0, 0.1) is 11.8 Å². The van der Waals surface area contributed by atoms with E-state index in [0.29, 0.717) is 22.8 Å². The van der Waals surface area contributed by atoms with Crippen LogP contribution in [0.3, 0.4) is 0 Å². The number of Topliss-reactive ketones (excluding diaryl/α,β-unsaturated/α-hetero) is 1. The van der Waals surface area contributed by atoms with E-state index in [1.54, 1.807) is 34.5 Å². The van der Waals surface area contributed by atoms with Crippen molar-refractivity contribution in [3.8, 4) is 0 Å². The molecule has 1 atom stereocenters. The number of hydrogen-bond donors (Lipinski definition) is 1. The van der Waals surface area contributed by atoms with Crippen molar-refractivity contribution in [3.63, 3.8) is 0 Å². The number of amides is 1. The molecular weight excluding hydrogens is 386 g/mol. The Kier molecular flexibility index (Phi) is 4.15. The van der Waals surface area contributed by atoms with Crippen LogP contribution < -0.4 is 10.2 Å². The average molecular weight is 403 g/mol. The van der Waals surface area contributed by atoms with Gasteiger partial charge in [0.15, 0.2) is 11.7 Å². The number of hydrogen-bond acceptors (Lipinski definition) is 6. The molecule has 27 heavy (non-hydrogen) atoms. The number of ketones is 1. The number of benzene rings is 1. The third kappa shape index (κ3) is 2.87. The van der Waals surface area contributed by atoms with Gasteiger partial charge in [0, 0.05) is 6.54 Å². The van der Waals surface area contributed by atoms with E-state index in [1.807, 2.05) is 13.8 Å². The van der Waals surface area contributed by atoms with Crippen LogP contribution in [0.25, 0.3) is 0 Å². The second-order valence-electron chi connectivity index (χ2n) is 6.85. The van der Waals surface area contributed by atoms with Crippen LogP contribution in [0.15, 0.2) is 45.0 Å². The Bertz CT molecular complexity index is 1090. The molecule has 1 amide bonds. The predicted molar refractivity (Wildman–Crippen MR) is 104 cm³/mol. The maximum absolute atomic E-state index is 13.1. The lowest BCUT2D eigenvalue weighted by Crippen LogP contribution is -2.50. The zero-order chi connectivity index (χ0) is 19.3. The minimum atomic E-state index is -3.99. The number of nitrogens with zero attached hydrogens (tertiary/aromatic N) is 2. The number of carbonyl (C=O) groups excluding carboxylic acids is 2. The summed E-state index contributed by atoms with van der Waals surface area (Å²) in [5.41, 5.74) is 0.898. The fourth-order valence-corrected chi connectivity index (χ4v) is 5.29. The first-order chi connectivity index (χ1) is 12.8. The van der Waals surface area contributed by atoms with E-state index in [-0.39, 0.29) is 16.6 Å². The average Bonchev–Trinajstić information content (AvgIpc) is 3.08. The van der Waals surface area contributed by atoms with Gasteiger partial charge >= 0.3 is 0 Å². The van der Waals surface area contributed by atoms with Crippen molar-refractivity contribution < 1.29 is 18.0 Å². The first-order valence-corrected chi connectivity index (χ1v) is 10.8. The Hall–Kier alpha value is -2.52. The van der Waals surface area contributed by atoms with Gasteiger partial charge in [-0.05, 0) is 29.5 Å². The lowest BCUT2D eigenvalue weighted by atomic mass is 9.93. The number of nitrogens with one attached hydrogen (secondary N) is 1. The van der Waals surface area contributed by atoms with Crippen LogP contribution in [-0.2, 0) is 14.8 Å². The first-order valence-electron chi connectivity index (χ1n) is 8.43. The highest BCUT2D eigenvalue weighted by Crippen LogP contribution is 2.37. The molecule has 3 heterocycles. The molecule has 0 saturated carbocycles. The number of fused-ring (bicyclic) bond motifs is 2. The minimum Gasteiger partial charge on any atom is -0.341 e. The molecule has 1 unspecified atom stereocenters. The van der Waals surface area contributed by atoms with Gasteiger partial charge in [0.25, 0.3) is 10.0 Å². The number of thiophene rings is 1. The summed E-state index contributed by atoms with van der Waals surface area (Å²) < 4.78 is 28.8. The third-order valence-electron chi connectivity index (χ3n) is 4.40. The Morgan fingerprint density at radius 2 is 1.96 bits per heavy atom. The van der Waals surface area contributed by atoms with Gasteiger partial charge in [0.2, 0.25) is 5.91 Å². The molecule has 1 aromatic carbocycles. The molecule has 1 N–H and O–H groups in total. The van der Waals surface area contributed by atoms with Crippen molar-refractivity contribution in [1.82, 2.24) is 0 Å². The molecule has 0 radical (unpaired) electrons. The maximum atomic E-state index is 13.1. The van der Waals surface area contributed by atoms with Gasteiger partial charge in [-0.2, -0.15) is 8.42 Å². The summed E-state index contributed by atoms with van der Waals surface area (Å²) in [6.07, 6.45) is 0. The Morgan fingerprint density at radius 1 is 1.22 bits per heavy atom. The topological polar surface area (TPSA) is 95.9 Å². The second-order valence-corrected chi connectivity index (χ2v) is 9.34. The van der Waals surface area contributed by atoms with E-state index >= 15 is 0 Å². The lowest BCUT2D eigenvalue weighted by Gasteiger charge is -2.33. The summed E-state index contributed by atoms with van der Waals surface area (Å²) in [5.74, 6) is -2.14. The van der Waals surface area contributed by atoms with E-state index in [4.69, 9.17) is 0 Å². The van der Waals surface area contributed by atoms with Crippen LogP contribution in [-0.4, -0.2) is 32.5 Å². The molecule has 2 aliphatic heterocycles. The summed E-state index contributed by atoms with van der Waals surface area (Å²) in [7, 11) is -3.99. The number of rotatable bonds is 3. The second kappa shape index (κ2) is 6.28. The van der Waals surface area contributed by atoms with Gasteiger partial charge in [0.1, 0.15) is 10.7 Å². The fourth-order valence-electron chi connectivity index (χ4n) is 3.27. The van der Waals surface area contributed by atoms with Crippen molar-refractivity contribution >= 4 is 50.3 Å². The molecule has 9 heteroatoms.